The van der Waals surface area contributed by atoms with Crippen LogP contribution in [-0.2, 0) is 0 Å². The van der Waals surface area contributed by atoms with Crippen LogP contribution in [0.5, 0.6) is 0 Å². The third-order valence-electron chi connectivity index (χ3n) is 10.2. The van der Waals surface area contributed by atoms with Gasteiger partial charge in [-0.1, -0.05) is 175 Å². The lowest BCUT2D eigenvalue weighted by Gasteiger charge is -2.44. The summed E-state index contributed by atoms with van der Waals surface area (Å²) in [5.41, 5.74) is 5.71. The average Bonchev–Trinajstić information content (AvgIpc) is 2.93. The van der Waals surface area contributed by atoms with Gasteiger partial charge in [0.05, 0.1) is 0 Å². The Hall–Kier alpha value is -0.0400. The minimum atomic E-state index is 0.877. The molecule has 38 heavy (non-hydrogen) atoms. The summed E-state index contributed by atoms with van der Waals surface area (Å²) in [7, 11) is 0. The molecule has 0 saturated heterocycles. The predicted octanol–water partition coefficient (Wildman–Crippen LogP) is 12.8. The van der Waals surface area contributed by atoms with Gasteiger partial charge in [-0.05, 0) is 62.3 Å². The Kier molecular flexibility index (Phi) is 25.7. The Morgan fingerprint density at radius 1 is 0.368 bits per heavy atom. The highest BCUT2D eigenvalue weighted by Gasteiger charge is 2.37. The Labute approximate surface area is 242 Å². The van der Waals surface area contributed by atoms with E-state index in [0.29, 0.717) is 0 Å². The van der Waals surface area contributed by atoms with Gasteiger partial charge in [-0.3, -0.25) is 0 Å². The van der Waals surface area contributed by atoms with E-state index in [4.69, 9.17) is 5.73 Å². The zero-order chi connectivity index (χ0) is 27.5. The van der Waals surface area contributed by atoms with Gasteiger partial charge in [0.25, 0.3) is 0 Å². The van der Waals surface area contributed by atoms with Crippen molar-refractivity contribution in [3.63, 3.8) is 0 Å². The van der Waals surface area contributed by atoms with Gasteiger partial charge in [0.15, 0.2) is 0 Å². The molecule has 0 aliphatic heterocycles. The van der Waals surface area contributed by atoms with Crippen molar-refractivity contribution >= 4 is 0 Å². The maximum atomic E-state index is 5.71. The van der Waals surface area contributed by atoms with E-state index in [1.54, 1.807) is 32.1 Å². The van der Waals surface area contributed by atoms with Gasteiger partial charge in [0, 0.05) is 0 Å². The molecule has 0 radical (unpaired) electrons. The van der Waals surface area contributed by atoms with Gasteiger partial charge in [0.1, 0.15) is 0 Å². The van der Waals surface area contributed by atoms with Gasteiger partial charge in [0.2, 0.25) is 0 Å². The van der Waals surface area contributed by atoms with E-state index >= 15 is 0 Å². The van der Waals surface area contributed by atoms with Crippen LogP contribution in [0.3, 0.4) is 0 Å². The molecule has 228 valence electrons. The third-order valence-corrected chi connectivity index (χ3v) is 10.2. The zero-order valence-electron chi connectivity index (χ0n) is 27.1. The molecule has 1 nitrogen and oxygen atoms in total. The Morgan fingerprint density at radius 3 is 1.05 bits per heavy atom. The van der Waals surface area contributed by atoms with Crippen molar-refractivity contribution in [2.75, 3.05) is 6.54 Å². The number of rotatable bonds is 28. The first kappa shape index (κ1) is 36.0. The SMILES string of the molecule is CCCCCCCCCCC1CCC(CCCCC)C(CCCCCCCC)C1CCCCCCCCN. The Morgan fingerprint density at radius 2 is 0.658 bits per heavy atom. The molecule has 0 amide bonds. The average molecular weight is 534 g/mol. The standard InChI is InChI=1S/C37H75N/c1-4-7-10-12-14-15-18-23-28-35-32-31-34(27-22-9-6-3)36(29-24-19-13-11-8-5-2)37(35)30-25-20-16-17-21-26-33-38/h34-37H,4-33,38H2,1-3H3. The summed E-state index contributed by atoms with van der Waals surface area (Å²) >= 11 is 0. The molecule has 0 heterocycles. The molecule has 1 saturated carbocycles. The van der Waals surface area contributed by atoms with E-state index in [9.17, 15) is 0 Å². The molecule has 1 aliphatic carbocycles. The highest BCUT2D eigenvalue weighted by Crippen LogP contribution is 2.47. The molecule has 2 N–H and O–H groups in total. The molecular weight excluding hydrogens is 458 g/mol. The van der Waals surface area contributed by atoms with Gasteiger partial charge in [-0.25, -0.2) is 0 Å². The van der Waals surface area contributed by atoms with Crippen LogP contribution in [0, 0.1) is 23.7 Å². The van der Waals surface area contributed by atoms with E-state index in [1.165, 1.54) is 154 Å². The highest BCUT2D eigenvalue weighted by atomic mass is 14.5. The summed E-state index contributed by atoms with van der Waals surface area (Å²) in [6.45, 7) is 7.93. The molecule has 0 aromatic heterocycles. The smallest absolute Gasteiger partial charge is 0.00773 e. The quantitative estimate of drug-likeness (QED) is 0.0994. The molecule has 1 aliphatic rings. The van der Waals surface area contributed by atoms with Crippen molar-refractivity contribution in [1.29, 1.82) is 0 Å². The Balaban J connectivity index is 2.66. The molecule has 0 bridgehead atoms. The lowest BCUT2D eigenvalue weighted by atomic mass is 9.61. The lowest BCUT2D eigenvalue weighted by Crippen LogP contribution is -2.35. The molecule has 1 rings (SSSR count). The molecule has 0 aromatic rings. The second-order valence-corrected chi connectivity index (χ2v) is 13.4. The van der Waals surface area contributed by atoms with Crippen LogP contribution < -0.4 is 5.73 Å². The van der Waals surface area contributed by atoms with E-state index < -0.39 is 0 Å². The summed E-state index contributed by atoms with van der Waals surface area (Å²) in [5.74, 6) is 4.17. The zero-order valence-corrected chi connectivity index (χ0v) is 27.1. The van der Waals surface area contributed by atoms with Crippen molar-refractivity contribution in [2.24, 2.45) is 29.4 Å². The fourth-order valence-electron chi connectivity index (χ4n) is 7.76. The van der Waals surface area contributed by atoms with Crippen LogP contribution in [0.1, 0.15) is 207 Å². The summed E-state index contributed by atoms with van der Waals surface area (Å²) in [6.07, 6.45) is 42.5. The number of hydrogen-bond acceptors (Lipinski definition) is 1. The van der Waals surface area contributed by atoms with Gasteiger partial charge in [-0.2, -0.15) is 0 Å². The maximum absolute atomic E-state index is 5.71. The maximum Gasteiger partial charge on any atom is -0.00773 e. The summed E-state index contributed by atoms with van der Waals surface area (Å²) in [6, 6.07) is 0. The molecule has 4 atom stereocenters. The molecule has 1 heteroatoms. The van der Waals surface area contributed by atoms with Crippen molar-refractivity contribution < 1.29 is 0 Å². The first-order valence-electron chi connectivity index (χ1n) is 18.5. The molecular formula is C37H75N. The van der Waals surface area contributed by atoms with Crippen LogP contribution in [0.25, 0.3) is 0 Å². The van der Waals surface area contributed by atoms with E-state index in [-0.39, 0.29) is 0 Å². The monoisotopic (exact) mass is 534 g/mol. The second kappa shape index (κ2) is 27.1. The largest absolute Gasteiger partial charge is 0.330 e. The van der Waals surface area contributed by atoms with Crippen molar-refractivity contribution in [3.05, 3.63) is 0 Å². The minimum Gasteiger partial charge on any atom is -0.330 e. The molecule has 0 aromatic carbocycles. The second-order valence-electron chi connectivity index (χ2n) is 13.4. The topological polar surface area (TPSA) is 26.0 Å². The van der Waals surface area contributed by atoms with Gasteiger partial charge >= 0.3 is 0 Å². The molecule has 1 fully saturated rings. The normalized spacial score (nSPS) is 21.8. The van der Waals surface area contributed by atoms with Crippen LogP contribution in [0.2, 0.25) is 0 Å². The van der Waals surface area contributed by atoms with Crippen LogP contribution in [0.15, 0.2) is 0 Å². The van der Waals surface area contributed by atoms with E-state index in [0.717, 1.165) is 30.2 Å². The first-order valence-corrected chi connectivity index (χ1v) is 18.5. The summed E-state index contributed by atoms with van der Waals surface area (Å²) < 4.78 is 0. The first-order chi connectivity index (χ1) is 18.8. The fraction of sp³-hybridized carbons (Fsp3) is 1.00. The number of hydrogen-bond donors (Lipinski definition) is 1. The molecule has 0 spiro atoms. The van der Waals surface area contributed by atoms with Crippen molar-refractivity contribution in [2.45, 2.75) is 207 Å². The van der Waals surface area contributed by atoms with Gasteiger partial charge in [-0.15, -0.1) is 0 Å². The molecule has 4 unspecified atom stereocenters. The van der Waals surface area contributed by atoms with Crippen molar-refractivity contribution in [3.8, 4) is 0 Å². The van der Waals surface area contributed by atoms with E-state index in [2.05, 4.69) is 20.8 Å². The van der Waals surface area contributed by atoms with Crippen LogP contribution >= 0.6 is 0 Å². The highest BCUT2D eigenvalue weighted by molar-refractivity contribution is 4.88. The van der Waals surface area contributed by atoms with Crippen LogP contribution in [0.4, 0.5) is 0 Å². The van der Waals surface area contributed by atoms with Crippen LogP contribution in [-0.4, -0.2) is 6.54 Å². The van der Waals surface area contributed by atoms with Crippen molar-refractivity contribution in [1.82, 2.24) is 0 Å². The summed E-state index contributed by atoms with van der Waals surface area (Å²) in [5, 5.41) is 0. The van der Waals surface area contributed by atoms with Gasteiger partial charge < -0.3 is 5.73 Å². The third kappa shape index (κ3) is 18.3. The van der Waals surface area contributed by atoms with E-state index in [1.807, 2.05) is 0 Å². The summed E-state index contributed by atoms with van der Waals surface area (Å²) in [4.78, 5) is 0. The lowest BCUT2D eigenvalue weighted by molar-refractivity contribution is 0.0581. The number of unbranched alkanes of at least 4 members (excludes halogenated alkanes) is 19. The Bertz CT molecular complexity index is 460. The fourth-order valence-corrected chi connectivity index (χ4v) is 7.76. The minimum absolute atomic E-state index is 0.877. The number of nitrogens with two attached hydrogens (primary N) is 1. The predicted molar refractivity (Wildman–Crippen MR) is 174 cm³/mol.